The van der Waals surface area contributed by atoms with Gasteiger partial charge < -0.3 is 9.42 Å². The third-order valence-corrected chi connectivity index (χ3v) is 4.50. The second kappa shape index (κ2) is 6.51. The van der Waals surface area contributed by atoms with Crippen molar-refractivity contribution in [1.29, 1.82) is 0 Å². The van der Waals surface area contributed by atoms with Crippen LogP contribution in [0.3, 0.4) is 0 Å². The van der Waals surface area contributed by atoms with Crippen LogP contribution in [0.4, 0.5) is 0 Å². The van der Waals surface area contributed by atoms with E-state index in [4.69, 9.17) is 4.52 Å². The lowest BCUT2D eigenvalue weighted by Gasteiger charge is -2.16. The number of carbonyl (C=O) groups excluding carboxylic acids is 1. The quantitative estimate of drug-likeness (QED) is 0.732. The highest BCUT2D eigenvalue weighted by molar-refractivity contribution is 5.79. The average molecular weight is 333 g/mol. The number of benzene rings is 2. The van der Waals surface area contributed by atoms with Crippen LogP contribution in [0.25, 0.3) is 11.5 Å². The number of amides is 1. The summed E-state index contributed by atoms with van der Waals surface area (Å²) in [5.41, 5.74) is 3.24. The molecule has 126 valence electrons. The van der Waals surface area contributed by atoms with E-state index in [0.29, 0.717) is 31.2 Å². The van der Waals surface area contributed by atoms with Crippen LogP contribution in [0, 0.1) is 6.92 Å². The molecule has 1 aliphatic rings. The Morgan fingerprint density at radius 1 is 1.16 bits per heavy atom. The summed E-state index contributed by atoms with van der Waals surface area (Å²) in [4.78, 5) is 18.7. The SMILES string of the molecule is Cc1cccc(CN2CC(c3noc(-c4ccccc4)n3)CC2=O)c1. The maximum atomic E-state index is 12.4. The molecule has 1 atom stereocenters. The van der Waals surface area contributed by atoms with E-state index < -0.39 is 0 Å². The molecule has 2 aromatic carbocycles. The third-order valence-electron chi connectivity index (χ3n) is 4.50. The van der Waals surface area contributed by atoms with E-state index in [2.05, 4.69) is 35.3 Å². The molecule has 0 N–H and O–H groups in total. The van der Waals surface area contributed by atoms with Gasteiger partial charge in [0.15, 0.2) is 5.82 Å². The Labute approximate surface area is 146 Å². The van der Waals surface area contributed by atoms with Gasteiger partial charge in [0.05, 0.1) is 0 Å². The molecular formula is C20H19N3O2. The summed E-state index contributed by atoms with van der Waals surface area (Å²) in [7, 11) is 0. The van der Waals surface area contributed by atoms with Crippen LogP contribution in [-0.4, -0.2) is 27.5 Å². The highest BCUT2D eigenvalue weighted by Crippen LogP contribution is 2.29. The first-order valence-corrected chi connectivity index (χ1v) is 8.41. The van der Waals surface area contributed by atoms with Crippen LogP contribution >= 0.6 is 0 Å². The van der Waals surface area contributed by atoms with Gasteiger partial charge in [-0.05, 0) is 24.6 Å². The zero-order valence-corrected chi connectivity index (χ0v) is 14.1. The van der Waals surface area contributed by atoms with Gasteiger partial charge >= 0.3 is 0 Å². The first kappa shape index (κ1) is 15.6. The topological polar surface area (TPSA) is 59.2 Å². The zero-order valence-electron chi connectivity index (χ0n) is 14.1. The van der Waals surface area contributed by atoms with Gasteiger partial charge in [-0.1, -0.05) is 53.2 Å². The van der Waals surface area contributed by atoms with Crippen LogP contribution in [0.2, 0.25) is 0 Å². The summed E-state index contributed by atoms with van der Waals surface area (Å²) >= 11 is 0. The maximum absolute atomic E-state index is 12.4. The molecule has 3 aromatic rings. The lowest BCUT2D eigenvalue weighted by Crippen LogP contribution is -2.24. The second-order valence-electron chi connectivity index (χ2n) is 6.49. The lowest BCUT2D eigenvalue weighted by atomic mass is 10.1. The number of hydrogen-bond donors (Lipinski definition) is 0. The molecule has 1 amide bonds. The van der Waals surface area contributed by atoms with E-state index in [0.717, 1.165) is 11.1 Å². The minimum absolute atomic E-state index is 0.0153. The number of aryl methyl sites for hydroxylation is 1. The molecule has 0 radical (unpaired) electrons. The van der Waals surface area contributed by atoms with E-state index in [1.165, 1.54) is 5.56 Å². The Morgan fingerprint density at radius 2 is 2.00 bits per heavy atom. The third kappa shape index (κ3) is 3.31. The van der Waals surface area contributed by atoms with Crippen molar-refractivity contribution in [2.24, 2.45) is 0 Å². The van der Waals surface area contributed by atoms with Gasteiger partial charge in [0.1, 0.15) is 0 Å². The average Bonchev–Trinajstić information content (AvgIpc) is 3.23. The monoisotopic (exact) mass is 333 g/mol. The summed E-state index contributed by atoms with van der Waals surface area (Å²) in [5, 5.41) is 4.10. The molecule has 1 saturated heterocycles. The highest BCUT2D eigenvalue weighted by Gasteiger charge is 2.33. The molecule has 5 nitrogen and oxygen atoms in total. The van der Waals surface area contributed by atoms with Gasteiger partial charge in [-0.15, -0.1) is 0 Å². The fourth-order valence-corrected chi connectivity index (χ4v) is 3.23. The summed E-state index contributed by atoms with van der Waals surface area (Å²) in [6.07, 6.45) is 0.430. The molecule has 0 saturated carbocycles. The summed E-state index contributed by atoms with van der Waals surface area (Å²) in [5.74, 6) is 1.23. The predicted molar refractivity (Wildman–Crippen MR) is 93.7 cm³/mol. The fraction of sp³-hybridized carbons (Fsp3) is 0.250. The molecule has 0 aliphatic carbocycles. The van der Waals surface area contributed by atoms with Gasteiger partial charge in [0.25, 0.3) is 5.89 Å². The molecule has 0 bridgehead atoms. The molecule has 0 spiro atoms. The van der Waals surface area contributed by atoms with Crippen LogP contribution in [0.15, 0.2) is 59.1 Å². The largest absolute Gasteiger partial charge is 0.338 e. The van der Waals surface area contributed by atoms with Crippen molar-refractivity contribution < 1.29 is 9.32 Å². The lowest BCUT2D eigenvalue weighted by molar-refractivity contribution is -0.128. The summed E-state index contributed by atoms with van der Waals surface area (Å²) < 4.78 is 5.38. The van der Waals surface area contributed by atoms with Gasteiger partial charge in [-0.25, -0.2) is 0 Å². The van der Waals surface area contributed by atoms with Gasteiger partial charge in [0.2, 0.25) is 5.91 Å². The summed E-state index contributed by atoms with van der Waals surface area (Å²) in [6.45, 7) is 3.31. The fourth-order valence-electron chi connectivity index (χ4n) is 3.23. The zero-order chi connectivity index (χ0) is 17.2. The molecule has 1 fully saturated rings. The van der Waals surface area contributed by atoms with Crippen LogP contribution < -0.4 is 0 Å². The minimum Gasteiger partial charge on any atom is -0.338 e. The Bertz CT molecular complexity index is 889. The van der Waals surface area contributed by atoms with Crippen molar-refractivity contribution in [3.05, 3.63) is 71.5 Å². The smallest absolute Gasteiger partial charge is 0.257 e. The number of rotatable bonds is 4. The highest BCUT2D eigenvalue weighted by atomic mass is 16.5. The molecule has 4 rings (SSSR count). The number of carbonyl (C=O) groups is 1. The van der Waals surface area contributed by atoms with Crippen molar-refractivity contribution in [1.82, 2.24) is 15.0 Å². The number of likely N-dealkylation sites (tertiary alicyclic amines) is 1. The molecule has 1 aliphatic heterocycles. The Kier molecular flexibility index (Phi) is 4.06. The number of nitrogens with zero attached hydrogens (tertiary/aromatic N) is 3. The van der Waals surface area contributed by atoms with E-state index in [-0.39, 0.29) is 11.8 Å². The minimum atomic E-state index is -0.0153. The van der Waals surface area contributed by atoms with Crippen molar-refractivity contribution in [3.63, 3.8) is 0 Å². The van der Waals surface area contributed by atoms with Crippen molar-refractivity contribution in [2.75, 3.05) is 6.54 Å². The molecule has 2 heterocycles. The number of aromatic nitrogens is 2. The van der Waals surface area contributed by atoms with Gasteiger partial charge in [0, 0.05) is 31.0 Å². The second-order valence-corrected chi connectivity index (χ2v) is 6.49. The molecule has 1 unspecified atom stereocenters. The van der Waals surface area contributed by atoms with E-state index in [1.54, 1.807) is 0 Å². The maximum Gasteiger partial charge on any atom is 0.257 e. The summed E-state index contributed by atoms with van der Waals surface area (Å²) in [6, 6.07) is 17.9. The van der Waals surface area contributed by atoms with E-state index >= 15 is 0 Å². The Hall–Kier alpha value is -2.95. The van der Waals surface area contributed by atoms with Crippen molar-refractivity contribution in [3.8, 4) is 11.5 Å². The number of hydrogen-bond acceptors (Lipinski definition) is 4. The Morgan fingerprint density at radius 3 is 2.80 bits per heavy atom. The first-order valence-electron chi connectivity index (χ1n) is 8.41. The normalized spacial score (nSPS) is 17.2. The van der Waals surface area contributed by atoms with Gasteiger partial charge in [-0.3, -0.25) is 4.79 Å². The molecule has 25 heavy (non-hydrogen) atoms. The van der Waals surface area contributed by atoms with Gasteiger partial charge in [-0.2, -0.15) is 4.98 Å². The van der Waals surface area contributed by atoms with Crippen LogP contribution in [-0.2, 0) is 11.3 Å². The molecular weight excluding hydrogens is 314 g/mol. The van der Waals surface area contributed by atoms with Crippen molar-refractivity contribution in [2.45, 2.75) is 25.8 Å². The Balaban J connectivity index is 1.48. The van der Waals surface area contributed by atoms with Crippen LogP contribution in [0.5, 0.6) is 0 Å². The van der Waals surface area contributed by atoms with E-state index in [1.807, 2.05) is 41.3 Å². The molecule has 5 heteroatoms. The first-order chi connectivity index (χ1) is 12.2. The van der Waals surface area contributed by atoms with E-state index in [9.17, 15) is 4.79 Å². The van der Waals surface area contributed by atoms with Crippen molar-refractivity contribution >= 4 is 5.91 Å². The standard InChI is InChI=1S/C20H19N3O2/c1-14-6-5-7-15(10-14)12-23-13-17(11-18(23)24)19-21-20(25-22-19)16-8-3-2-4-9-16/h2-10,17H,11-13H2,1H3. The molecule has 1 aromatic heterocycles. The van der Waals surface area contributed by atoms with Crippen LogP contribution in [0.1, 0.15) is 29.3 Å². The predicted octanol–water partition coefficient (Wildman–Crippen LogP) is 3.56.